The lowest BCUT2D eigenvalue weighted by atomic mass is 10.0. The molecule has 2 aromatic rings. The molecule has 1 unspecified atom stereocenters. The van der Waals surface area contributed by atoms with E-state index in [0.29, 0.717) is 0 Å². The normalized spacial score (nSPS) is 13.0. The summed E-state index contributed by atoms with van der Waals surface area (Å²) in [5.74, 6) is 0.169. The van der Waals surface area contributed by atoms with E-state index < -0.39 is 12.8 Å². The summed E-state index contributed by atoms with van der Waals surface area (Å²) in [5, 5.41) is -0.340. The molecule has 1 atom stereocenters. The van der Waals surface area contributed by atoms with Crippen molar-refractivity contribution in [3.63, 3.8) is 0 Å². The van der Waals surface area contributed by atoms with E-state index in [0.717, 1.165) is 11.1 Å². The maximum atomic E-state index is 12.0. The van der Waals surface area contributed by atoms with Crippen molar-refractivity contribution in [3.05, 3.63) is 65.7 Å². The van der Waals surface area contributed by atoms with Gasteiger partial charge < -0.3 is 4.74 Å². The third-order valence-electron chi connectivity index (χ3n) is 2.67. The van der Waals surface area contributed by atoms with Crippen molar-refractivity contribution in [2.24, 2.45) is 0 Å². The first-order valence-corrected chi connectivity index (χ1v) is 6.38. The minimum Gasteiger partial charge on any atom is -0.484 e. The van der Waals surface area contributed by atoms with E-state index in [1.165, 1.54) is 12.1 Å². The molecule has 106 valence electrons. The van der Waals surface area contributed by atoms with Crippen LogP contribution in [0.4, 0.5) is 13.2 Å². The zero-order valence-corrected chi connectivity index (χ0v) is 11.2. The van der Waals surface area contributed by atoms with Gasteiger partial charge in [-0.25, -0.2) is 0 Å². The molecule has 0 fully saturated rings. The molecule has 0 amide bonds. The molecule has 20 heavy (non-hydrogen) atoms. The predicted molar refractivity (Wildman–Crippen MR) is 72.1 cm³/mol. The van der Waals surface area contributed by atoms with Crippen LogP contribution in [0, 0.1) is 0 Å². The lowest BCUT2D eigenvalue weighted by Crippen LogP contribution is -2.19. The Balaban J connectivity index is 2.05. The summed E-state index contributed by atoms with van der Waals surface area (Å²) in [6, 6.07) is 15.7. The molecule has 0 saturated carbocycles. The first-order valence-electron chi connectivity index (χ1n) is 5.94. The van der Waals surface area contributed by atoms with Crippen molar-refractivity contribution >= 4 is 11.6 Å². The molecule has 0 N–H and O–H groups in total. The largest absolute Gasteiger partial charge is 0.484 e. The molecule has 0 spiro atoms. The van der Waals surface area contributed by atoms with Gasteiger partial charge in [-0.1, -0.05) is 42.5 Å². The summed E-state index contributed by atoms with van der Waals surface area (Å²) in [6.07, 6.45) is -4.34. The lowest BCUT2D eigenvalue weighted by Gasteiger charge is -2.12. The van der Waals surface area contributed by atoms with Gasteiger partial charge in [0.25, 0.3) is 0 Å². The highest BCUT2D eigenvalue weighted by Gasteiger charge is 2.28. The summed E-state index contributed by atoms with van der Waals surface area (Å²) < 4.78 is 40.7. The Morgan fingerprint density at radius 3 is 2.00 bits per heavy atom. The van der Waals surface area contributed by atoms with Crippen LogP contribution >= 0.6 is 11.6 Å². The van der Waals surface area contributed by atoms with Crippen LogP contribution in [0.1, 0.15) is 16.5 Å². The van der Waals surface area contributed by atoms with E-state index in [1.54, 1.807) is 12.1 Å². The van der Waals surface area contributed by atoms with Crippen molar-refractivity contribution in [3.8, 4) is 5.75 Å². The summed E-state index contributed by atoms with van der Waals surface area (Å²) in [4.78, 5) is 0. The molecule has 0 heterocycles. The Hall–Kier alpha value is -1.68. The molecule has 0 aliphatic heterocycles. The molecule has 0 aliphatic carbocycles. The molecule has 0 bridgehead atoms. The van der Waals surface area contributed by atoms with Gasteiger partial charge in [0, 0.05) is 0 Å². The zero-order valence-electron chi connectivity index (χ0n) is 10.4. The second kappa shape index (κ2) is 6.18. The fraction of sp³-hybridized carbons (Fsp3) is 0.200. The summed E-state index contributed by atoms with van der Waals surface area (Å²) in [6.45, 7) is -1.30. The van der Waals surface area contributed by atoms with E-state index >= 15 is 0 Å². The first-order chi connectivity index (χ1) is 9.46. The molecule has 2 aromatic carbocycles. The highest BCUT2D eigenvalue weighted by Crippen LogP contribution is 2.29. The molecule has 2 rings (SSSR count). The number of halogens is 4. The van der Waals surface area contributed by atoms with Gasteiger partial charge in [0.05, 0.1) is 5.38 Å². The van der Waals surface area contributed by atoms with Gasteiger partial charge >= 0.3 is 6.18 Å². The molecule has 0 radical (unpaired) electrons. The van der Waals surface area contributed by atoms with Crippen LogP contribution in [0.3, 0.4) is 0 Å². The topological polar surface area (TPSA) is 9.23 Å². The monoisotopic (exact) mass is 300 g/mol. The molecule has 0 saturated heterocycles. The number of benzene rings is 2. The lowest BCUT2D eigenvalue weighted by molar-refractivity contribution is -0.153. The fourth-order valence-corrected chi connectivity index (χ4v) is 2.00. The van der Waals surface area contributed by atoms with Crippen LogP contribution in [0.25, 0.3) is 0 Å². The van der Waals surface area contributed by atoms with Crippen LogP contribution in [0.2, 0.25) is 0 Å². The number of alkyl halides is 4. The van der Waals surface area contributed by atoms with Crippen molar-refractivity contribution in [1.29, 1.82) is 0 Å². The maximum Gasteiger partial charge on any atom is 0.422 e. The minimum absolute atomic E-state index is 0.169. The average Bonchev–Trinajstić information content (AvgIpc) is 2.45. The van der Waals surface area contributed by atoms with Gasteiger partial charge in [-0.05, 0) is 23.3 Å². The van der Waals surface area contributed by atoms with E-state index in [4.69, 9.17) is 11.6 Å². The van der Waals surface area contributed by atoms with E-state index in [-0.39, 0.29) is 11.1 Å². The second-order valence-corrected chi connectivity index (χ2v) is 4.68. The Bertz CT molecular complexity index is 537. The number of hydrogen-bond donors (Lipinski definition) is 0. The van der Waals surface area contributed by atoms with Crippen molar-refractivity contribution in [1.82, 2.24) is 0 Å². The minimum atomic E-state index is -4.34. The smallest absolute Gasteiger partial charge is 0.422 e. The predicted octanol–water partition coefficient (Wildman–Crippen LogP) is 4.96. The molecule has 0 aromatic heterocycles. The Kier molecular flexibility index (Phi) is 4.55. The van der Waals surface area contributed by atoms with Crippen LogP contribution in [0.15, 0.2) is 54.6 Å². The van der Waals surface area contributed by atoms with Gasteiger partial charge in [0.2, 0.25) is 0 Å². The molecule has 1 nitrogen and oxygen atoms in total. The van der Waals surface area contributed by atoms with Crippen molar-refractivity contribution < 1.29 is 17.9 Å². The molecular weight excluding hydrogens is 289 g/mol. The molecule has 0 aliphatic rings. The Morgan fingerprint density at radius 1 is 0.900 bits per heavy atom. The highest BCUT2D eigenvalue weighted by molar-refractivity contribution is 6.22. The first kappa shape index (κ1) is 14.7. The van der Waals surface area contributed by atoms with Crippen LogP contribution in [-0.2, 0) is 0 Å². The number of rotatable bonds is 4. The van der Waals surface area contributed by atoms with Gasteiger partial charge in [-0.3, -0.25) is 0 Å². The van der Waals surface area contributed by atoms with Crippen LogP contribution < -0.4 is 4.74 Å². The van der Waals surface area contributed by atoms with E-state index in [9.17, 15) is 13.2 Å². The van der Waals surface area contributed by atoms with Gasteiger partial charge in [0.1, 0.15) is 5.75 Å². The summed E-state index contributed by atoms with van der Waals surface area (Å²) in [7, 11) is 0. The van der Waals surface area contributed by atoms with E-state index in [1.807, 2.05) is 30.3 Å². The van der Waals surface area contributed by atoms with Crippen molar-refractivity contribution in [2.45, 2.75) is 11.6 Å². The second-order valence-electron chi connectivity index (χ2n) is 4.25. The molecule has 5 heteroatoms. The maximum absolute atomic E-state index is 12.0. The summed E-state index contributed by atoms with van der Waals surface area (Å²) in [5.41, 5.74) is 1.73. The van der Waals surface area contributed by atoms with Crippen LogP contribution in [-0.4, -0.2) is 12.8 Å². The molecular formula is C15H12ClF3O. The number of hydrogen-bond acceptors (Lipinski definition) is 1. The van der Waals surface area contributed by atoms with Crippen LogP contribution in [0.5, 0.6) is 5.75 Å². The Morgan fingerprint density at radius 2 is 1.45 bits per heavy atom. The highest BCUT2D eigenvalue weighted by atomic mass is 35.5. The number of ether oxygens (including phenoxy) is 1. The third-order valence-corrected chi connectivity index (χ3v) is 3.17. The fourth-order valence-electron chi connectivity index (χ4n) is 1.71. The van der Waals surface area contributed by atoms with E-state index in [2.05, 4.69) is 4.74 Å². The standard InChI is InChI=1S/C15H12ClF3O/c16-14(11-4-2-1-3-5-11)12-6-8-13(9-7-12)20-10-15(17,18)19/h1-9,14H,10H2. The van der Waals surface area contributed by atoms with Gasteiger partial charge in [-0.2, -0.15) is 13.2 Å². The van der Waals surface area contributed by atoms with Gasteiger partial charge in [0.15, 0.2) is 6.61 Å². The van der Waals surface area contributed by atoms with Gasteiger partial charge in [-0.15, -0.1) is 11.6 Å². The Labute approximate surface area is 119 Å². The zero-order chi connectivity index (χ0) is 14.6. The SMILES string of the molecule is FC(F)(F)COc1ccc(C(Cl)c2ccccc2)cc1. The van der Waals surface area contributed by atoms with Crippen molar-refractivity contribution in [2.75, 3.05) is 6.61 Å². The average molecular weight is 301 g/mol. The summed E-state index contributed by atoms with van der Waals surface area (Å²) >= 11 is 6.31. The quantitative estimate of drug-likeness (QED) is 0.725. The third kappa shape index (κ3) is 4.17.